The molecule has 9 atom stereocenters. The summed E-state index contributed by atoms with van der Waals surface area (Å²) in [4.78, 5) is 49.4. The van der Waals surface area contributed by atoms with Gasteiger partial charge in [0, 0.05) is 35.5 Å². The molecule has 5 rings (SSSR count). The van der Waals surface area contributed by atoms with E-state index < -0.39 is 74.9 Å². The SMILES string of the molecule is C[C@@H]1C[C@H]2[C@@H]3C[C@H](F)C4=CC(=O)C=C[C@]4(C)[C@@]3(F)[C@@H](O)C[C@]2(C)[C@@]1(OC(=O)C1CC(=O)C1)C(=O)S. The molecule has 0 spiro atoms. The van der Waals surface area contributed by atoms with Crippen molar-refractivity contribution in [3.63, 3.8) is 0 Å². The van der Waals surface area contributed by atoms with Crippen LogP contribution in [0.3, 0.4) is 0 Å². The number of thiol groups is 1. The molecule has 5 aliphatic rings. The molecule has 6 nitrogen and oxygen atoms in total. The number of halogens is 2. The van der Waals surface area contributed by atoms with Crippen LogP contribution in [-0.4, -0.2) is 51.3 Å². The van der Waals surface area contributed by atoms with Crippen LogP contribution in [0.5, 0.6) is 0 Å². The van der Waals surface area contributed by atoms with Crippen molar-refractivity contribution in [3.8, 4) is 0 Å². The molecule has 4 saturated carbocycles. The zero-order valence-corrected chi connectivity index (χ0v) is 20.8. The maximum absolute atomic E-state index is 17.2. The fourth-order valence-electron chi connectivity index (χ4n) is 8.14. The molecule has 0 unspecified atom stereocenters. The summed E-state index contributed by atoms with van der Waals surface area (Å²) in [6.07, 6.45) is 0.378. The van der Waals surface area contributed by atoms with E-state index in [-0.39, 0.29) is 43.5 Å². The number of aliphatic hydroxyl groups is 1. The van der Waals surface area contributed by atoms with Gasteiger partial charge in [-0.25, -0.2) is 8.78 Å². The standard InChI is InChI=1S/C26H30F2O6S/c1-12-6-16-17-10-19(27)18-9-14(29)4-5-23(18,2)25(17,28)20(31)11-24(16,3)26(12,22(33)35)34-21(32)13-7-15(30)8-13/h4-5,9,12-13,16-17,19-20,31H,6-8,10-11H2,1-3H3,(H,33,35)/t12-,16+,17+,19+,20+,23+,24+,25+,26+/m1/s1. The summed E-state index contributed by atoms with van der Waals surface area (Å²) in [7, 11) is 0. The van der Waals surface area contributed by atoms with Crippen molar-refractivity contribution < 1.29 is 37.8 Å². The lowest BCUT2D eigenvalue weighted by molar-refractivity contribution is -0.230. The van der Waals surface area contributed by atoms with Gasteiger partial charge in [-0.05, 0) is 49.8 Å². The van der Waals surface area contributed by atoms with Crippen LogP contribution < -0.4 is 0 Å². The van der Waals surface area contributed by atoms with Gasteiger partial charge < -0.3 is 9.84 Å². The van der Waals surface area contributed by atoms with Gasteiger partial charge in [-0.1, -0.05) is 19.9 Å². The highest BCUT2D eigenvalue weighted by molar-refractivity contribution is 7.96. The number of hydrogen-bond acceptors (Lipinski definition) is 6. The fourth-order valence-corrected chi connectivity index (χ4v) is 8.66. The second kappa shape index (κ2) is 7.57. The number of aliphatic hydroxyl groups excluding tert-OH is 1. The van der Waals surface area contributed by atoms with E-state index in [1.54, 1.807) is 13.8 Å². The lowest BCUT2D eigenvalue weighted by Crippen LogP contribution is -2.70. The molecule has 0 aromatic rings. The number of ketones is 2. The van der Waals surface area contributed by atoms with Gasteiger partial charge in [0.2, 0.25) is 5.12 Å². The summed E-state index contributed by atoms with van der Waals surface area (Å²) in [5.74, 6) is -3.96. The smallest absolute Gasteiger partial charge is 0.310 e. The minimum absolute atomic E-state index is 0.0232. The summed E-state index contributed by atoms with van der Waals surface area (Å²) in [5, 5.41) is 10.7. The average Bonchev–Trinajstić information content (AvgIpc) is 2.97. The van der Waals surface area contributed by atoms with E-state index in [9.17, 15) is 24.3 Å². The summed E-state index contributed by atoms with van der Waals surface area (Å²) >= 11 is 4.11. The van der Waals surface area contributed by atoms with Crippen molar-refractivity contribution in [2.24, 2.45) is 34.5 Å². The lowest BCUT2D eigenvalue weighted by Gasteiger charge is -2.63. The number of carbonyl (C=O) groups is 4. The van der Waals surface area contributed by atoms with Crippen molar-refractivity contribution in [1.29, 1.82) is 0 Å². The number of allylic oxidation sites excluding steroid dienone is 4. The van der Waals surface area contributed by atoms with Crippen LogP contribution in [-0.2, 0) is 23.9 Å². The van der Waals surface area contributed by atoms with Crippen molar-refractivity contribution in [2.45, 2.75) is 76.4 Å². The molecule has 0 aliphatic heterocycles. The van der Waals surface area contributed by atoms with Crippen molar-refractivity contribution in [2.75, 3.05) is 0 Å². The molecule has 35 heavy (non-hydrogen) atoms. The quantitative estimate of drug-likeness (QED) is 0.449. The Balaban J connectivity index is 1.59. The largest absolute Gasteiger partial charge is 0.449 e. The molecule has 5 aliphatic carbocycles. The van der Waals surface area contributed by atoms with E-state index in [1.165, 1.54) is 19.1 Å². The Hall–Kier alpha value is -1.87. The number of rotatable bonds is 3. The highest BCUT2D eigenvalue weighted by Gasteiger charge is 2.78. The van der Waals surface area contributed by atoms with E-state index >= 15 is 8.78 Å². The summed E-state index contributed by atoms with van der Waals surface area (Å²) in [6.45, 7) is 4.93. The summed E-state index contributed by atoms with van der Waals surface area (Å²) < 4.78 is 38.7. The minimum Gasteiger partial charge on any atom is -0.449 e. The van der Waals surface area contributed by atoms with Gasteiger partial charge in [-0.2, -0.15) is 0 Å². The Morgan fingerprint density at radius 2 is 1.83 bits per heavy atom. The average molecular weight is 509 g/mol. The van der Waals surface area contributed by atoms with Crippen LogP contribution in [0.15, 0.2) is 23.8 Å². The molecular formula is C26H30F2O6S. The van der Waals surface area contributed by atoms with Crippen LogP contribution in [0.25, 0.3) is 0 Å². The second-order valence-corrected chi connectivity index (χ2v) is 12.0. The van der Waals surface area contributed by atoms with Gasteiger partial charge in [0.1, 0.15) is 12.0 Å². The van der Waals surface area contributed by atoms with E-state index in [0.717, 1.165) is 6.08 Å². The van der Waals surface area contributed by atoms with Gasteiger partial charge in [0.05, 0.1) is 12.0 Å². The highest BCUT2D eigenvalue weighted by Crippen LogP contribution is 2.71. The van der Waals surface area contributed by atoms with Crippen LogP contribution in [0.2, 0.25) is 0 Å². The van der Waals surface area contributed by atoms with E-state index in [2.05, 4.69) is 12.6 Å². The molecule has 190 valence electrons. The van der Waals surface area contributed by atoms with E-state index in [0.29, 0.717) is 0 Å². The predicted octanol–water partition coefficient (Wildman–Crippen LogP) is 3.27. The van der Waals surface area contributed by atoms with E-state index in [4.69, 9.17) is 4.74 Å². The number of esters is 1. The normalized spacial score (nSPS) is 48.9. The first-order chi connectivity index (χ1) is 16.2. The summed E-state index contributed by atoms with van der Waals surface area (Å²) in [5.41, 5.74) is -6.76. The van der Waals surface area contributed by atoms with Crippen molar-refractivity contribution >= 4 is 35.3 Å². The van der Waals surface area contributed by atoms with Gasteiger partial charge in [0.25, 0.3) is 0 Å². The molecular weight excluding hydrogens is 478 g/mol. The lowest BCUT2D eigenvalue weighted by atomic mass is 9.44. The first-order valence-corrected chi connectivity index (χ1v) is 12.6. The van der Waals surface area contributed by atoms with Crippen LogP contribution >= 0.6 is 12.6 Å². The minimum atomic E-state index is -2.29. The number of Topliss-reactive ketones (excluding diaryl/α,β-unsaturated/α-hetero) is 1. The van der Waals surface area contributed by atoms with Gasteiger partial charge >= 0.3 is 5.97 Å². The van der Waals surface area contributed by atoms with Gasteiger partial charge in [0.15, 0.2) is 17.1 Å². The number of alkyl halides is 2. The van der Waals surface area contributed by atoms with Crippen molar-refractivity contribution in [3.05, 3.63) is 23.8 Å². The first-order valence-electron chi connectivity index (χ1n) is 12.2. The Morgan fingerprint density at radius 1 is 1.17 bits per heavy atom. The molecule has 0 radical (unpaired) electrons. The third kappa shape index (κ3) is 2.91. The third-order valence-corrected chi connectivity index (χ3v) is 10.4. The zero-order valence-electron chi connectivity index (χ0n) is 19.9. The Kier molecular flexibility index (Phi) is 5.37. The second-order valence-electron chi connectivity index (χ2n) is 11.6. The molecule has 0 aromatic carbocycles. The Labute approximate surface area is 207 Å². The predicted molar refractivity (Wildman–Crippen MR) is 124 cm³/mol. The van der Waals surface area contributed by atoms with Crippen LogP contribution in [0.1, 0.15) is 52.9 Å². The Morgan fingerprint density at radius 3 is 2.43 bits per heavy atom. The number of carbonyl (C=O) groups excluding carboxylic acids is 4. The molecule has 0 amide bonds. The maximum atomic E-state index is 17.2. The molecule has 0 aromatic heterocycles. The molecule has 1 N–H and O–H groups in total. The molecule has 9 heteroatoms. The monoisotopic (exact) mass is 508 g/mol. The zero-order chi connectivity index (χ0) is 25.7. The number of ether oxygens (including phenoxy) is 1. The van der Waals surface area contributed by atoms with Gasteiger partial charge in [-0.3, -0.25) is 19.2 Å². The van der Waals surface area contributed by atoms with Crippen LogP contribution in [0, 0.1) is 34.5 Å². The molecule has 0 bridgehead atoms. The van der Waals surface area contributed by atoms with Gasteiger partial charge in [-0.15, -0.1) is 12.6 Å². The maximum Gasteiger partial charge on any atom is 0.310 e. The summed E-state index contributed by atoms with van der Waals surface area (Å²) in [6, 6.07) is 0. The fraction of sp³-hybridized carbons (Fsp3) is 0.692. The first kappa shape index (κ1) is 24.8. The number of hydrogen-bond donors (Lipinski definition) is 2. The molecule has 0 saturated heterocycles. The van der Waals surface area contributed by atoms with Crippen LogP contribution in [0.4, 0.5) is 8.78 Å². The number of fused-ring (bicyclic) bond motifs is 5. The topological polar surface area (TPSA) is 97.7 Å². The Bertz CT molecular complexity index is 1100. The molecule has 4 fully saturated rings. The van der Waals surface area contributed by atoms with Crippen molar-refractivity contribution in [1.82, 2.24) is 0 Å². The highest BCUT2D eigenvalue weighted by atomic mass is 32.1. The molecule has 0 heterocycles. The third-order valence-electron chi connectivity index (χ3n) is 10.0. The van der Waals surface area contributed by atoms with E-state index in [1.807, 2.05) is 0 Å².